The van der Waals surface area contributed by atoms with Crippen molar-refractivity contribution in [3.8, 4) is 5.75 Å². The summed E-state index contributed by atoms with van der Waals surface area (Å²) in [5.74, 6) is 1.53. The number of hydrazone groups is 1. The molecule has 0 aliphatic heterocycles. The van der Waals surface area contributed by atoms with Gasteiger partial charge in [-0.1, -0.05) is 30.3 Å². The van der Waals surface area contributed by atoms with Crippen LogP contribution in [0.3, 0.4) is 0 Å². The van der Waals surface area contributed by atoms with E-state index in [0.717, 1.165) is 17.1 Å². The topological polar surface area (TPSA) is 50.7 Å². The second-order valence-corrected chi connectivity index (χ2v) is 6.50. The molecule has 2 aromatic rings. The Hall–Kier alpha value is -2.27. The van der Waals surface area contributed by atoms with Crippen LogP contribution in [0.2, 0.25) is 0 Å². The minimum absolute atomic E-state index is 0.0990. The predicted molar refractivity (Wildman–Crippen MR) is 101 cm³/mol. The Balaban J connectivity index is 1.76. The van der Waals surface area contributed by atoms with Crippen LogP contribution in [0.5, 0.6) is 5.75 Å². The Morgan fingerprint density at radius 2 is 1.92 bits per heavy atom. The molecule has 4 nitrogen and oxygen atoms in total. The number of hydrogen-bond acceptors (Lipinski definition) is 4. The summed E-state index contributed by atoms with van der Waals surface area (Å²) in [6.07, 6.45) is 1.63. The third-order valence-electron chi connectivity index (χ3n) is 3.29. The van der Waals surface area contributed by atoms with Gasteiger partial charge < -0.3 is 4.74 Å². The molecule has 0 saturated carbocycles. The van der Waals surface area contributed by atoms with Gasteiger partial charge in [0.25, 0.3) is 5.91 Å². The van der Waals surface area contributed by atoms with Gasteiger partial charge in [-0.2, -0.15) is 5.10 Å². The van der Waals surface area contributed by atoms with Gasteiger partial charge in [0.05, 0.1) is 18.1 Å². The second-order valence-electron chi connectivity index (χ2n) is 5.18. The van der Waals surface area contributed by atoms with E-state index >= 15 is 0 Å². The Morgan fingerprint density at radius 3 is 2.58 bits per heavy atom. The fourth-order valence-corrected chi connectivity index (χ4v) is 2.79. The highest BCUT2D eigenvalue weighted by atomic mass is 32.2. The van der Waals surface area contributed by atoms with Crippen molar-refractivity contribution in [2.75, 3.05) is 6.61 Å². The predicted octanol–water partition coefficient (Wildman–Crippen LogP) is 3.86. The number of nitrogens with one attached hydrogen (secondary N) is 1. The Labute approximate surface area is 147 Å². The molecule has 0 aliphatic carbocycles. The van der Waals surface area contributed by atoms with E-state index in [2.05, 4.69) is 22.7 Å². The van der Waals surface area contributed by atoms with E-state index in [0.29, 0.717) is 6.61 Å². The molecule has 0 bridgehead atoms. The van der Waals surface area contributed by atoms with Gasteiger partial charge >= 0.3 is 0 Å². The normalized spacial score (nSPS) is 12.1. The molecule has 1 amide bonds. The van der Waals surface area contributed by atoms with Gasteiger partial charge in [-0.3, -0.25) is 4.79 Å². The lowest BCUT2D eigenvalue weighted by molar-refractivity contribution is -0.120. The van der Waals surface area contributed by atoms with Crippen molar-refractivity contribution in [3.63, 3.8) is 0 Å². The Bertz CT molecular complexity index is 657. The molecule has 0 radical (unpaired) electrons. The molecular weight excluding hydrogens is 320 g/mol. The van der Waals surface area contributed by atoms with Crippen LogP contribution in [0.4, 0.5) is 0 Å². The molecule has 0 fully saturated rings. The van der Waals surface area contributed by atoms with E-state index in [4.69, 9.17) is 4.74 Å². The fraction of sp³-hybridized carbons (Fsp3) is 0.263. The number of benzene rings is 2. The van der Waals surface area contributed by atoms with Crippen LogP contribution in [0.1, 0.15) is 25.0 Å². The van der Waals surface area contributed by atoms with Crippen molar-refractivity contribution < 1.29 is 9.53 Å². The molecule has 126 valence electrons. The first-order valence-electron chi connectivity index (χ1n) is 7.90. The quantitative estimate of drug-likeness (QED) is 0.585. The zero-order valence-electron chi connectivity index (χ0n) is 13.9. The van der Waals surface area contributed by atoms with E-state index < -0.39 is 0 Å². The number of carbonyl (C=O) groups is 1. The first-order chi connectivity index (χ1) is 11.7. The van der Waals surface area contributed by atoms with Crippen LogP contribution in [0.25, 0.3) is 0 Å². The molecule has 0 saturated heterocycles. The summed E-state index contributed by atoms with van der Waals surface area (Å²) in [6, 6.07) is 17.7. The Morgan fingerprint density at radius 1 is 1.21 bits per heavy atom. The summed E-state index contributed by atoms with van der Waals surface area (Å²) < 4.78 is 5.38. The average Bonchev–Trinajstić information content (AvgIpc) is 2.62. The number of rotatable bonds is 8. The third-order valence-corrected chi connectivity index (χ3v) is 4.51. The maximum Gasteiger partial charge on any atom is 0.252 e. The third kappa shape index (κ3) is 6.08. The number of nitrogens with zero attached hydrogens (tertiary/aromatic N) is 1. The van der Waals surface area contributed by atoms with Crippen molar-refractivity contribution in [1.29, 1.82) is 0 Å². The summed E-state index contributed by atoms with van der Waals surface area (Å²) in [5.41, 5.74) is 4.70. The highest BCUT2D eigenvalue weighted by molar-refractivity contribution is 7.99. The lowest BCUT2D eigenvalue weighted by Gasteiger charge is -2.09. The summed E-state index contributed by atoms with van der Waals surface area (Å²) >= 11 is 1.59. The van der Waals surface area contributed by atoms with Crippen molar-refractivity contribution >= 4 is 23.9 Å². The summed E-state index contributed by atoms with van der Waals surface area (Å²) in [6.45, 7) is 4.47. The van der Waals surface area contributed by atoms with Crippen LogP contribution in [-0.4, -0.2) is 24.0 Å². The minimum atomic E-state index is -0.164. The van der Waals surface area contributed by atoms with Crippen molar-refractivity contribution in [2.24, 2.45) is 5.10 Å². The average molecular weight is 342 g/mol. The number of ether oxygens (including phenoxy) is 1. The van der Waals surface area contributed by atoms with Gasteiger partial charge in [-0.15, -0.1) is 11.8 Å². The molecule has 0 aromatic heterocycles. The maximum atomic E-state index is 12.0. The molecule has 2 aromatic carbocycles. The lowest BCUT2D eigenvalue weighted by atomic mass is 10.2. The standard InChI is InChI=1S/C19H22N2O2S/c1-3-23-18-11-9-16(10-12-18)13-20-21-19(22)15(2)24-14-17-7-5-4-6-8-17/h4-13,15H,3,14H2,1-2H3,(H,21,22). The zero-order valence-corrected chi connectivity index (χ0v) is 14.8. The zero-order chi connectivity index (χ0) is 17.2. The van der Waals surface area contributed by atoms with Crippen LogP contribution < -0.4 is 10.2 Å². The largest absolute Gasteiger partial charge is 0.494 e. The molecule has 0 heterocycles. The summed E-state index contributed by atoms with van der Waals surface area (Å²) in [4.78, 5) is 12.0. The molecule has 0 spiro atoms. The van der Waals surface area contributed by atoms with Crippen LogP contribution in [0.15, 0.2) is 59.7 Å². The fourth-order valence-electron chi connectivity index (χ4n) is 1.95. The van der Waals surface area contributed by atoms with Crippen molar-refractivity contribution in [3.05, 3.63) is 65.7 Å². The van der Waals surface area contributed by atoms with E-state index in [1.54, 1.807) is 18.0 Å². The first-order valence-corrected chi connectivity index (χ1v) is 8.95. The highest BCUT2D eigenvalue weighted by Crippen LogP contribution is 2.17. The number of hydrogen-bond donors (Lipinski definition) is 1. The van der Waals surface area contributed by atoms with Gasteiger partial charge in [0, 0.05) is 5.75 Å². The van der Waals surface area contributed by atoms with Crippen molar-refractivity contribution in [1.82, 2.24) is 5.43 Å². The molecule has 2 rings (SSSR count). The highest BCUT2D eigenvalue weighted by Gasteiger charge is 2.12. The molecule has 1 atom stereocenters. The smallest absolute Gasteiger partial charge is 0.252 e. The van der Waals surface area contributed by atoms with E-state index in [-0.39, 0.29) is 11.2 Å². The number of amides is 1. The van der Waals surface area contributed by atoms with Gasteiger partial charge in [-0.05, 0) is 49.2 Å². The number of thioether (sulfide) groups is 1. The van der Waals surface area contributed by atoms with E-state index in [1.807, 2.05) is 56.3 Å². The molecule has 0 aliphatic rings. The molecule has 5 heteroatoms. The first kappa shape index (κ1) is 18.1. The van der Waals surface area contributed by atoms with Gasteiger partial charge in [0.1, 0.15) is 5.75 Å². The molecular formula is C19H22N2O2S. The monoisotopic (exact) mass is 342 g/mol. The van der Waals surface area contributed by atoms with Crippen LogP contribution >= 0.6 is 11.8 Å². The Kier molecular flexibility index (Phi) is 7.36. The van der Waals surface area contributed by atoms with E-state index in [9.17, 15) is 4.79 Å². The van der Waals surface area contributed by atoms with Gasteiger partial charge in [0.2, 0.25) is 0 Å². The van der Waals surface area contributed by atoms with E-state index in [1.165, 1.54) is 5.56 Å². The molecule has 1 unspecified atom stereocenters. The molecule has 24 heavy (non-hydrogen) atoms. The maximum absolute atomic E-state index is 12.0. The van der Waals surface area contributed by atoms with Crippen molar-refractivity contribution in [2.45, 2.75) is 24.9 Å². The summed E-state index contributed by atoms with van der Waals surface area (Å²) in [5, 5.41) is 3.85. The van der Waals surface area contributed by atoms with Gasteiger partial charge in [0.15, 0.2) is 0 Å². The SMILES string of the molecule is CCOc1ccc(C=NNC(=O)C(C)SCc2ccccc2)cc1. The second kappa shape index (κ2) is 9.78. The number of carbonyl (C=O) groups excluding carboxylic acids is 1. The minimum Gasteiger partial charge on any atom is -0.494 e. The van der Waals surface area contributed by atoms with Crippen LogP contribution in [0, 0.1) is 0 Å². The lowest BCUT2D eigenvalue weighted by Crippen LogP contribution is -2.26. The molecule has 1 N–H and O–H groups in total. The van der Waals surface area contributed by atoms with Gasteiger partial charge in [-0.25, -0.2) is 5.43 Å². The summed E-state index contributed by atoms with van der Waals surface area (Å²) in [7, 11) is 0. The van der Waals surface area contributed by atoms with Crippen LogP contribution in [-0.2, 0) is 10.5 Å².